The quantitative estimate of drug-likeness (QED) is 0.0795. The molecule has 1 unspecified atom stereocenters. The molecule has 3 aromatic rings. The number of fused-ring (bicyclic) bond motifs is 1. The number of hydrogen-bond acceptors (Lipinski definition) is 9. The van der Waals surface area contributed by atoms with Gasteiger partial charge in [-0.05, 0) is 59.5 Å². The maximum Gasteiger partial charge on any atom is 0.352 e. The minimum absolute atomic E-state index is 0.0327. The number of allylic oxidation sites excluding steroid dienone is 1. The molecule has 6 rings (SSSR count). The zero-order valence-corrected chi connectivity index (χ0v) is 29.5. The van der Waals surface area contributed by atoms with Crippen molar-refractivity contribution in [3.8, 4) is 5.75 Å². The molecular formula is C34H28Cl2FN5O7S2. The number of aromatic nitrogens is 1. The molecule has 2 fully saturated rings. The number of anilines is 1. The second kappa shape index (κ2) is 15.4. The molecule has 3 aliphatic heterocycles. The van der Waals surface area contributed by atoms with Gasteiger partial charge in [-0.3, -0.25) is 29.1 Å². The molecule has 3 aliphatic rings. The van der Waals surface area contributed by atoms with Crippen LogP contribution in [-0.2, 0) is 24.0 Å². The number of phenols is 1. The summed E-state index contributed by atoms with van der Waals surface area (Å²) in [5.41, 5.74) is 0.989. The van der Waals surface area contributed by atoms with E-state index < -0.39 is 58.5 Å². The average Bonchev–Trinajstić information content (AvgIpc) is 3.53. The first-order valence-corrected chi connectivity index (χ1v) is 18.2. The van der Waals surface area contributed by atoms with Crippen LogP contribution in [0.4, 0.5) is 10.1 Å². The number of rotatable bonds is 11. The normalized spacial score (nSPS) is 19.9. The van der Waals surface area contributed by atoms with Crippen molar-refractivity contribution < 1.29 is 38.6 Å². The molecule has 4 amide bonds. The number of hydrogen-bond donors (Lipinski definition) is 5. The number of phenolic OH excluding ortho intramolecular Hbond substituents is 1. The molecule has 0 radical (unpaired) electrons. The third kappa shape index (κ3) is 7.56. The van der Waals surface area contributed by atoms with Crippen LogP contribution in [0.1, 0.15) is 24.3 Å². The summed E-state index contributed by atoms with van der Waals surface area (Å²) in [5.74, 6) is -6.07. The highest BCUT2D eigenvalue weighted by Gasteiger charge is 2.55. The van der Waals surface area contributed by atoms with E-state index in [1.54, 1.807) is 30.3 Å². The van der Waals surface area contributed by atoms with Crippen molar-refractivity contribution in [3.63, 3.8) is 0 Å². The summed E-state index contributed by atoms with van der Waals surface area (Å²) in [6, 6.07) is 10.6. The van der Waals surface area contributed by atoms with E-state index in [0.29, 0.717) is 20.5 Å². The second-order valence-corrected chi connectivity index (χ2v) is 14.5. The Morgan fingerprint density at radius 2 is 1.82 bits per heavy atom. The summed E-state index contributed by atoms with van der Waals surface area (Å²) in [5, 5.41) is 28.2. The van der Waals surface area contributed by atoms with E-state index in [2.05, 4.69) is 20.9 Å². The molecule has 2 saturated heterocycles. The summed E-state index contributed by atoms with van der Waals surface area (Å²) in [7, 11) is 0. The number of halogens is 3. The third-order valence-electron chi connectivity index (χ3n) is 8.42. The van der Waals surface area contributed by atoms with E-state index in [4.69, 9.17) is 23.2 Å². The van der Waals surface area contributed by atoms with Crippen LogP contribution in [0.5, 0.6) is 5.75 Å². The zero-order chi connectivity index (χ0) is 36.4. The van der Waals surface area contributed by atoms with Gasteiger partial charge >= 0.3 is 5.97 Å². The van der Waals surface area contributed by atoms with Gasteiger partial charge in [0, 0.05) is 59.3 Å². The lowest BCUT2D eigenvalue weighted by molar-refractivity contribution is -0.150. The van der Waals surface area contributed by atoms with Crippen molar-refractivity contribution >= 4 is 82.0 Å². The van der Waals surface area contributed by atoms with Gasteiger partial charge in [0.25, 0.3) is 5.91 Å². The van der Waals surface area contributed by atoms with E-state index in [9.17, 15) is 38.6 Å². The van der Waals surface area contributed by atoms with Crippen molar-refractivity contribution in [2.75, 3.05) is 23.4 Å². The van der Waals surface area contributed by atoms with Crippen LogP contribution in [0, 0.1) is 5.82 Å². The molecule has 1 aromatic heterocycles. The maximum absolute atomic E-state index is 14.0. The number of aliphatic carboxylic acids is 1. The van der Waals surface area contributed by atoms with Gasteiger partial charge in [0.2, 0.25) is 17.7 Å². The monoisotopic (exact) mass is 771 g/mol. The highest BCUT2D eigenvalue weighted by atomic mass is 35.5. The number of carboxylic acid groups (broad SMARTS) is 1. The molecule has 0 saturated carbocycles. The second-order valence-electron chi connectivity index (χ2n) is 11.6. The topological polar surface area (TPSA) is 178 Å². The third-order valence-corrected chi connectivity index (χ3v) is 11.7. The van der Waals surface area contributed by atoms with Crippen molar-refractivity contribution in [1.82, 2.24) is 20.5 Å². The fourth-order valence-corrected chi connectivity index (χ4v) is 9.00. The number of carboxylic acids is 1. The largest absolute Gasteiger partial charge is 0.505 e. The minimum Gasteiger partial charge on any atom is -0.505 e. The van der Waals surface area contributed by atoms with E-state index in [1.165, 1.54) is 30.2 Å². The van der Waals surface area contributed by atoms with Gasteiger partial charge in [-0.25, -0.2) is 9.18 Å². The first-order valence-electron chi connectivity index (χ1n) is 15.4. The Balaban J connectivity index is 1.31. The van der Waals surface area contributed by atoms with Gasteiger partial charge in [-0.2, -0.15) is 0 Å². The lowest BCUT2D eigenvalue weighted by Crippen LogP contribution is -2.70. The Kier molecular flexibility index (Phi) is 10.9. The summed E-state index contributed by atoms with van der Waals surface area (Å²) in [4.78, 5) is 71.9. The molecule has 17 heteroatoms. The number of amides is 4. The fourth-order valence-electron chi connectivity index (χ4n) is 6.14. The number of benzene rings is 2. The maximum atomic E-state index is 14.0. The Labute approximate surface area is 308 Å². The van der Waals surface area contributed by atoms with Crippen LogP contribution in [0.3, 0.4) is 0 Å². The molecule has 0 spiro atoms. The van der Waals surface area contributed by atoms with Crippen LogP contribution in [0.2, 0.25) is 10.0 Å². The van der Waals surface area contributed by atoms with E-state index in [0.717, 1.165) is 28.8 Å². The first kappa shape index (κ1) is 36.2. The van der Waals surface area contributed by atoms with Crippen molar-refractivity contribution in [1.29, 1.82) is 0 Å². The molecule has 51 heavy (non-hydrogen) atoms. The van der Waals surface area contributed by atoms with Gasteiger partial charge < -0.3 is 26.2 Å². The summed E-state index contributed by atoms with van der Waals surface area (Å²) in [6.45, 7) is 0.277. The van der Waals surface area contributed by atoms with Gasteiger partial charge in [-0.1, -0.05) is 29.3 Å². The predicted molar refractivity (Wildman–Crippen MR) is 190 cm³/mol. The molecule has 0 aliphatic carbocycles. The molecule has 5 N–H and O–H groups in total. The van der Waals surface area contributed by atoms with Crippen LogP contribution >= 0.6 is 46.7 Å². The number of carbonyl (C=O) groups excluding carboxylic acids is 4. The summed E-state index contributed by atoms with van der Waals surface area (Å²) < 4.78 is 14.0. The van der Waals surface area contributed by atoms with Crippen LogP contribution in [-0.4, -0.2) is 79.2 Å². The number of thioether (sulfide) groups is 2. The van der Waals surface area contributed by atoms with Crippen molar-refractivity contribution in [2.45, 2.75) is 35.1 Å². The molecule has 0 bridgehead atoms. The van der Waals surface area contributed by atoms with Crippen LogP contribution in [0.25, 0.3) is 0 Å². The fraction of sp³-hybridized carbons (Fsp3) is 0.235. The average molecular weight is 773 g/mol. The molecule has 12 nitrogen and oxygen atoms in total. The Morgan fingerprint density at radius 1 is 1.10 bits per heavy atom. The molecular weight excluding hydrogens is 744 g/mol. The van der Waals surface area contributed by atoms with Gasteiger partial charge in [-0.15, -0.1) is 23.5 Å². The summed E-state index contributed by atoms with van der Waals surface area (Å²) >= 11 is 14.7. The predicted octanol–water partition coefficient (Wildman–Crippen LogP) is 4.69. The molecule has 4 heterocycles. The highest BCUT2D eigenvalue weighted by molar-refractivity contribution is 8.00. The smallest absolute Gasteiger partial charge is 0.352 e. The van der Waals surface area contributed by atoms with E-state index >= 15 is 0 Å². The number of carbonyl (C=O) groups is 5. The SMILES string of the molecule is O=C(CC(C(=C1CCNC1=O)C1=C(C(=O)O)N2C(=O)[C@@H](NC(=O)CSc3c(Cl)cccc3Cl)[C@H]2SC1)c1ccncc1)Nc1ccc(O)c(F)c1. The van der Waals surface area contributed by atoms with E-state index in [-0.39, 0.29) is 59.0 Å². The number of aromatic hydroxyl groups is 1. The number of nitrogens with one attached hydrogen (secondary N) is 3. The lowest BCUT2D eigenvalue weighted by atomic mass is 9.80. The Morgan fingerprint density at radius 3 is 2.47 bits per heavy atom. The molecule has 2 aromatic carbocycles. The number of pyridine rings is 1. The zero-order valence-electron chi connectivity index (χ0n) is 26.3. The standard InChI is InChI=1S/C34H28Cl2FN5O7S2/c35-21-2-1-3-22(36)30(21)50-15-26(45)41-28-32(47)42-29(34(48)49)20(14-51-33(28)42)27(18-8-11-39-31(18)46)19(16-6-9-38-10-7-16)13-25(44)40-17-4-5-24(43)23(37)12-17/h1-7,9-10,12,19,28,33,43H,8,11,13-15H2,(H,39,46)(H,40,44)(H,41,45)(H,48,49)/t19?,28-,33-/m1/s1. The van der Waals surface area contributed by atoms with Gasteiger partial charge in [0.15, 0.2) is 11.6 Å². The van der Waals surface area contributed by atoms with E-state index in [1.807, 2.05) is 0 Å². The van der Waals surface area contributed by atoms with Crippen LogP contribution < -0.4 is 16.0 Å². The number of nitrogens with zero attached hydrogens (tertiary/aromatic N) is 2. The first-order chi connectivity index (χ1) is 24.4. The van der Waals surface area contributed by atoms with Crippen LogP contribution in [0.15, 0.2) is 88.2 Å². The van der Waals surface area contributed by atoms with Gasteiger partial charge in [0.1, 0.15) is 17.1 Å². The number of β-lactam (4-membered cyclic amide) rings is 1. The molecule has 264 valence electrons. The van der Waals surface area contributed by atoms with Gasteiger partial charge in [0.05, 0.1) is 15.8 Å². The lowest BCUT2D eigenvalue weighted by Gasteiger charge is -2.50. The van der Waals surface area contributed by atoms with Crippen molar-refractivity contribution in [2.24, 2.45) is 0 Å². The van der Waals surface area contributed by atoms with Crippen molar-refractivity contribution in [3.05, 3.63) is 105 Å². The Hall–Kier alpha value is -4.57. The minimum atomic E-state index is -1.42. The highest BCUT2D eigenvalue weighted by Crippen LogP contribution is 2.47. The Bertz CT molecular complexity index is 2000. The molecule has 3 atom stereocenters. The summed E-state index contributed by atoms with van der Waals surface area (Å²) in [6.07, 6.45) is 2.91.